The van der Waals surface area contributed by atoms with E-state index in [1.807, 2.05) is 95.1 Å². The van der Waals surface area contributed by atoms with Gasteiger partial charge in [0.25, 0.3) is 0 Å². The van der Waals surface area contributed by atoms with Crippen LogP contribution in [0.25, 0.3) is 17.0 Å². The minimum atomic E-state index is 1.01. The van der Waals surface area contributed by atoms with Crippen molar-refractivity contribution in [1.29, 1.82) is 0 Å². The highest BCUT2D eigenvalue weighted by atomic mass is 32.3. The summed E-state index contributed by atoms with van der Waals surface area (Å²) in [6.07, 6.45) is 3.71. The van der Waals surface area contributed by atoms with Crippen LogP contribution in [-0.4, -0.2) is 9.97 Å². The summed E-state index contributed by atoms with van der Waals surface area (Å²) in [6, 6.07) is 8.37. The van der Waals surface area contributed by atoms with Crippen molar-refractivity contribution in [3.63, 3.8) is 0 Å². The standard InChI is InChI=1S/C18H8N2S6/c1-3-9-11(10-4-2-6-20-13(10)12(9)19-5-1)14-23-17-18(24-14)26-16(25-17)15-21-7-8-22-15/h1-8H. The predicted octanol–water partition coefficient (Wildman–Crippen LogP) is 7.34. The Morgan fingerprint density at radius 2 is 1.08 bits per heavy atom. The van der Waals surface area contributed by atoms with Crippen LogP contribution in [0.15, 0.2) is 68.7 Å². The normalized spacial score (nSPS) is 20.3. The van der Waals surface area contributed by atoms with Gasteiger partial charge in [0.2, 0.25) is 0 Å². The Balaban J connectivity index is 1.40. The zero-order valence-electron chi connectivity index (χ0n) is 13.0. The molecule has 0 fully saturated rings. The first-order valence-corrected chi connectivity index (χ1v) is 12.7. The van der Waals surface area contributed by atoms with Crippen LogP contribution in [-0.2, 0) is 0 Å². The van der Waals surface area contributed by atoms with E-state index in [1.165, 1.54) is 37.9 Å². The van der Waals surface area contributed by atoms with Gasteiger partial charge in [0.1, 0.15) is 0 Å². The SMILES string of the molecule is C1=CSC(=C2SC3=C(S2)SC(=C2c4cccnc4-c4ncccc42)S3)S1. The fraction of sp³-hybridized carbons (Fsp3) is 0. The molecule has 2 aromatic rings. The molecule has 0 unspecified atom stereocenters. The fourth-order valence-electron chi connectivity index (χ4n) is 3.03. The maximum Gasteiger partial charge on any atom is 0.0971 e. The van der Waals surface area contributed by atoms with Gasteiger partial charge in [-0.1, -0.05) is 82.7 Å². The topological polar surface area (TPSA) is 25.8 Å². The number of nitrogens with zero attached hydrogens (tertiary/aromatic N) is 2. The zero-order chi connectivity index (χ0) is 17.1. The van der Waals surface area contributed by atoms with Crippen molar-refractivity contribution in [1.82, 2.24) is 9.97 Å². The molecule has 0 N–H and O–H groups in total. The van der Waals surface area contributed by atoms with E-state index in [9.17, 15) is 0 Å². The molecule has 2 nitrogen and oxygen atoms in total. The van der Waals surface area contributed by atoms with E-state index < -0.39 is 0 Å². The smallest absolute Gasteiger partial charge is 0.0971 e. The van der Waals surface area contributed by atoms with Gasteiger partial charge in [-0.15, -0.1) is 0 Å². The van der Waals surface area contributed by atoms with Gasteiger partial charge in [-0.2, -0.15) is 0 Å². The second kappa shape index (κ2) is 6.46. The van der Waals surface area contributed by atoms with Gasteiger partial charge in [0, 0.05) is 29.1 Å². The van der Waals surface area contributed by atoms with E-state index in [0.29, 0.717) is 0 Å². The van der Waals surface area contributed by atoms with Gasteiger partial charge in [0.15, 0.2) is 0 Å². The Hall–Kier alpha value is -0.640. The number of fused-ring (bicyclic) bond motifs is 3. The molecule has 0 aromatic carbocycles. The number of hydrogen-bond acceptors (Lipinski definition) is 8. The molecule has 4 aliphatic rings. The van der Waals surface area contributed by atoms with Gasteiger partial charge in [-0.05, 0) is 22.9 Å². The summed E-state index contributed by atoms with van der Waals surface area (Å²) in [5, 5.41) is 4.33. The first-order chi connectivity index (χ1) is 12.9. The van der Waals surface area contributed by atoms with Crippen molar-refractivity contribution in [2.24, 2.45) is 0 Å². The summed E-state index contributed by atoms with van der Waals surface area (Å²) < 4.78 is 7.02. The van der Waals surface area contributed by atoms with E-state index in [4.69, 9.17) is 0 Å². The second-order valence-corrected chi connectivity index (χ2v) is 12.7. The molecule has 0 saturated carbocycles. The first-order valence-electron chi connectivity index (χ1n) is 7.72. The molecule has 8 heteroatoms. The molecule has 0 bridgehead atoms. The van der Waals surface area contributed by atoms with Crippen LogP contribution < -0.4 is 0 Å². The molecule has 0 radical (unpaired) electrons. The second-order valence-electron chi connectivity index (χ2n) is 5.53. The maximum atomic E-state index is 4.60. The average molecular weight is 445 g/mol. The molecular weight excluding hydrogens is 437 g/mol. The molecule has 0 spiro atoms. The number of pyridine rings is 2. The molecule has 0 amide bonds. The highest BCUT2D eigenvalue weighted by Crippen LogP contribution is 2.70. The predicted molar refractivity (Wildman–Crippen MR) is 122 cm³/mol. The third-order valence-electron chi connectivity index (χ3n) is 4.06. The lowest BCUT2D eigenvalue weighted by Crippen LogP contribution is -1.84. The van der Waals surface area contributed by atoms with E-state index in [2.05, 4.69) is 32.9 Å². The van der Waals surface area contributed by atoms with Crippen molar-refractivity contribution in [3.8, 4) is 11.4 Å². The highest BCUT2D eigenvalue weighted by molar-refractivity contribution is 8.49. The molecule has 3 aliphatic heterocycles. The fourth-order valence-corrected chi connectivity index (χ4v) is 11.7. The number of rotatable bonds is 0. The van der Waals surface area contributed by atoms with Gasteiger partial charge in [-0.25, -0.2) is 0 Å². The maximum absolute atomic E-state index is 4.60. The van der Waals surface area contributed by atoms with Crippen molar-refractivity contribution in [2.45, 2.75) is 0 Å². The van der Waals surface area contributed by atoms with Gasteiger partial charge in [-0.3, -0.25) is 9.97 Å². The Bertz CT molecular complexity index is 1020. The Labute approximate surface area is 176 Å². The van der Waals surface area contributed by atoms with E-state index in [0.717, 1.165) is 11.4 Å². The Kier molecular flexibility index (Phi) is 4.06. The monoisotopic (exact) mass is 444 g/mol. The summed E-state index contributed by atoms with van der Waals surface area (Å²) in [7, 11) is 0. The van der Waals surface area contributed by atoms with Gasteiger partial charge >= 0.3 is 0 Å². The average Bonchev–Trinajstić information content (AvgIpc) is 3.42. The van der Waals surface area contributed by atoms with Crippen LogP contribution in [0.1, 0.15) is 11.1 Å². The molecule has 2 aromatic heterocycles. The van der Waals surface area contributed by atoms with Gasteiger partial charge in [0.05, 0.1) is 32.6 Å². The Morgan fingerprint density at radius 1 is 0.577 bits per heavy atom. The summed E-state index contributed by atoms with van der Waals surface area (Å²) in [6.45, 7) is 0. The number of aromatic nitrogens is 2. The van der Waals surface area contributed by atoms with Crippen molar-refractivity contribution >= 4 is 76.1 Å². The van der Waals surface area contributed by atoms with Crippen LogP contribution in [0.4, 0.5) is 0 Å². The van der Waals surface area contributed by atoms with E-state index >= 15 is 0 Å². The quantitative estimate of drug-likeness (QED) is 0.355. The molecule has 6 rings (SSSR count). The van der Waals surface area contributed by atoms with Crippen LogP contribution in [0.5, 0.6) is 0 Å². The number of hydrogen-bond donors (Lipinski definition) is 0. The first kappa shape index (κ1) is 16.3. The van der Waals surface area contributed by atoms with Crippen molar-refractivity contribution in [2.75, 3.05) is 0 Å². The molecule has 126 valence electrons. The molecule has 5 heterocycles. The highest BCUT2D eigenvalue weighted by Gasteiger charge is 2.36. The van der Waals surface area contributed by atoms with Crippen molar-refractivity contribution < 1.29 is 0 Å². The zero-order valence-corrected chi connectivity index (χ0v) is 17.9. The minimum absolute atomic E-state index is 1.01. The Morgan fingerprint density at radius 3 is 1.65 bits per heavy atom. The number of thioether (sulfide) groups is 6. The summed E-state index contributed by atoms with van der Waals surface area (Å²) in [4.78, 5) is 9.20. The molecule has 0 saturated heterocycles. The third kappa shape index (κ3) is 2.50. The van der Waals surface area contributed by atoms with Crippen LogP contribution in [0, 0.1) is 0 Å². The minimum Gasteiger partial charge on any atom is -0.254 e. The third-order valence-corrected chi connectivity index (χ3v) is 12.3. The lowest BCUT2D eigenvalue weighted by molar-refractivity contribution is 1.26. The van der Waals surface area contributed by atoms with E-state index in [1.54, 1.807) is 0 Å². The summed E-state index contributed by atoms with van der Waals surface area (Å²) in [5.41, 5.74) is 5.72. The molecule has 0 atom stereocenters. The lowest BCUT2D eigenvalue weighted by atomic mass is 10.1. The van der Waals surface area contributed by atoms with E-state index in [-0.39, 0.29) is 0 Å². The summed E-state index contributed by atoms with van der Waals surface area (Å²) in [5.74, 6) is 0. The molecular formula is C18H8N2S6. The largest absolute Gasteiger partial charge is 0.254 e. The van der Waals surface area contributed by atoms with Gasteiger partial charge < -0.3 is 0 Å². The van der Waals surface area contributed by atoms with Crippen molar-refractivity contribution in [3.05, 3.63) is 79.8 Å². The lowest BCUT2D eigenvalue weighted by Gasteiger charge is -2.09. The molecule has 1 aliphatic carbocycles. The van der Waals surface area contributed by atoms with Crippen LogP contribution >= 0.6 is 70.6 Å². The molecule has 26 heavy (non-hydrogen) atoms. The van der Waals surface area contributed by atoms with Crippen LogP contribution in [0.3, 0.4) is 0 Å². The summed E-state index contributed by atoms with van der Waals surface area (Å²) >= 11 is 11.3. The van der Waals surface area contributed by atoms with Crippen LogP contribution in [0.2, 0.25) is 0 Å².